The Kier molecular flexibility index (Phi) is 5.35. The normalized spacial score (nSPS) is 14.3. The predicted octanol–water partition coefficient (Wildman–Crippen LogP) is 2.44. The maximum Gasteiger partial charge on any atom is 0.272 e. The van der Waals surface area contributed by atoms with Crippen molar-refractivity contribution < 1.29 is 9.59 Å². The highest BCUT2D eigenvalue weighted by molar-refractivity contribution is 6.42. The average Bonchev–Trinajstić information content (AvgIpc) is 2.64. The molecule has 0 bridgehead atoms. The zero-order valence-corrected chi connectivity index (χ0v) is 14.7. The summed E-state index contributed by atoms with van der Waals surface area (Å²) in [5.41, 5.74) is 0.954. The molecular formula is C16H15Cl2N5O2. The number of aromatic nitrogens is 2. The average molecular weight is 380 g/mol. The Hall–Kier alpha value is -2.38. The first-order valence-corrected chi connectivity index (χ1v) is 8.36. The second kappa shape index (κ2) is 7.67. The first-order chi connectivity index (χ1) is 12.1. The Bertz CT molecular complexity index is 794. The lowest BCUT2D eigenvalue weighted by atomic mass is 10.3. The molecule has 1 aromatic heterocycles. The van der Waals surface area contributed by atoms with Gasteiger partial charge in [0.2, 0.25) is 12.4 Å². The number of nitrogens with zero attached hydrogens (tertiary/aromatic N) is 4. The molecule has 3 rings (SSSR count). The molecule has 2 amide bonds. The van der Waals surface area contributed by atoms with Gasteiger partial charge in [0.15, 0.2) is 0 Å². The summed E-state index contributed by atoms with van der Waals surface area (Å²) in [6.07, 6.45) is 2.31. The van der Waals surface area contributed by atoms with Crippen molar-refractivity contribution in [2.24, 2.45) is 0 Å². The predicted molar refractivity (Wildman–Crippen MR) is 95.3 cm³/mol. The summed E-state index contributed by atoms with van der Waals surface area (Å²) in [5.74, 6) is 0.0981. The van der Waals surface area contributed by atoms with Crippen LogP contribution in [-0.4, -0.2) is 58.3 Å². The minimum absolute atomic E-state index is 0.190. The van der Waals surface area contributed by atoms with E-state index >= 15 is 0 Å². The number of carbonyl (C=O) groups excluding carboxylic acids is 2. The zero-order valence-electron chi connectivity index (χ0n) is 13.2. The van der Waals surface area contributed by atoms with Crippen molar-refractivity contribution in [1.82, 2.24) is 19.8 Å². The number of rotatable bonds is 4. The summed E-state index contributed by atoms with van der Waals surface area (Å²) in [7, 11) is 0. The number of benzene rings is 1. The van der Waals surface area contributed by atoms with Gasteiger partial charge in [-0.05, 0) is 24.3 Å². The molecule has 0 atom stereocenters. The van der Waals surface area contributed by atoms with Crippen molar-refractivity contribution in [1.29, 1.82) is 0 Å². The van der Waals surface area contributed by atoms with Gasteiger partial charge < -0.3 is 15.1 Å². The summed E-state index contributed by atoms with van der Waals surface area (Å²) < 4.78 is 0. The number of amides is 2. The zero-order chi connectivity index (χ0) is 17.8. The van der Waals surface area contributed by atoms with Crippen molar-refractivity contribution in [3.05, 3.63) is 46.2 Å². The fourth-order valence-electron chi connectivity index (χ4n) is 2.43. The molecule has 1 aliphatic heterocycles. The maximum absolute atomic E-state index is 12.6. The quantitative estimate of drug-likeness (QED) is 0.825. The molecule has 0 saturated carbocycles. The Labute approximate surface area is 154 Å². The number of nitrogens with one attached hydrogen (secondary N) is 1. The third kappa shape index (κ3) is 4.18. The Morgan fingerprint density at radius 3 is 2.56 bits per heavy atom. The number of piperazine rings is 1. The smallest absolute Gasteiger partial charge is 0.272 e. The molecule has 1 saturated heterocycles. The monoisotopic (exact) mass is 379 g/mol. The minimum Gasteiger partial charge on any atom is -0.342 e. The van der Waals surface area contributed by atoms with Crippen molar-refractivity contribution in [2.45, 2.75) is 0 Å². The molecule has 0 aliphatic carbocycles. The Morgan fingerprint density at radius 2 is 1.88 bits per heavy atom. The molecule has 1 aromatic carbocycles. The van der Waals surface area contributed by atoms with Crippen molar-refractivity contribution >= 4 is 47.2 Å². The highest BCUT2D eigenvalue weighted by Crippen LogP contribution is 2.26. The van der Waals surface area contributed by atoms with Gasteiger partial charge in [-0.3, -0.25) is 9.59 Å². The highest BCUT2D eigenvalue weighted by atomic mass is 35.5. The van der Waals surface area contributed by atoms with E-state index in [4.69, 9.17) is 23.2 Å². The van der Waals surface area contributed by atoms with Crippen LogP contribution in [0.25, 0.3) is 0 Å². The molecule has 130 valence electrons. The number of halogens is 2. The molecule has 25 heavy (non-hydrogen) atoms. The van der Waals surface area contributed by atoms with Gasteiger partial charge in [0.25, 0.3) is 5.91 Å². The molecule has 0 radical (unpaired) electrons. The van der Waals surface area contributed by atoms with Crippen LogP contribution in [0.1, 0.15) is 10.5 Å². The van der Waals surface area contributed by atoms with E-state index in [0.717, 1.165) is 6.41 Å². The second-order valence-electron chi connectivity index (χ2n) is 5.45. The van der Waals surface area contributed by atoms with Crippen LogP contribution in [0, 0.1) is 0 Å². The SMILES string of the molecule is O=CN1CCN(C(=O)c2ccnc(Nc3ccc(Cl)c(Cl)c3)n2)CC1. The number of carbonyl (C=O) groups is 2. The summed E-state index contributed by atoms with van der Waals surface area (Å²) in [6, 6.07) is 6.62. The van der Waals surface area contributed by atoms with Crippen molar-refractivity contribution in [2.75, 3.05) is 31.5 Å². The van der Waals surface area contributed by atoms with Crippen LogP contribution in [0.2, 0.25) is 10.0 Å². The largest absolute Gasteiger partial charge is 0.342 e. The van der Waals surface area contributed by atoms with Crippen molar-refractivity contribution in [3.63, 3.8) is 0 Å². The molecule has 2 heterocycles. The lowest BCUT2D eigenvalue weighted by molar-refractivity contribution is -0.119. The number of hydrogen-bond acceptors (Lipinski definition) is 5. The van der Waals surface area contributed by atoms with Crippen LogP contribution in [-0.2, 0) is 4.79 Å². The first-order valence-electron chi connectivity index (χ1n) is 7.60. The molecule has 7 nitrogen and oxygen atoms in total. The van der Waals surface area contributed by atoms with E-state index in [9.17, 15) is 9.59 Å². The van der Waals surface area contributed by atoms with Crippen LogP contribution >= 0.6 is 23.2 Å². The molecule has 1 fully saturated rings. The van der Waals surface area contributed by atoms with Crippen LogP contribution < -0.4 is 5.32 Å². The fraction of sp³-hybridized carbons (Fsp3) is 0.250. The maximum atomic E-state index is 12.6. The number of hydrogen-bond donors (Lipinski definition) is 1. The first kappa shape index (κ1) is 17.4. The van der Waals surface area contributed by atoms with E-state index in [1.54, 1.807) is 34.1 Å². The Morgan fingerprint density at radius 1 is 1.12 bits per heavy atom. The van der Waals surface area contributed by atoms with E-state index in [2.05, 4.69) is 15.3 Å². The van der Waals surface area contributed by atoms with Gasteiger partial charge in [-0.25, -0.2) is 9.97 Å². The van der Waals surface area contributed by atoms with Gasteiger partial charge >= 0.3 is 0 Å². The van der Waals surface area contributed by atoms with E-state index in [-0.39, 0.29) is 17.5 Å². The van der Waals surface area contributed by atoms with Crippen LogP contribution in [0.5, 0.6) is 0 Å². The lowest BCUT2D eigenvalue weighted by Crippen LogP contribution is -2.48. The molecule has 0 spiro atoms. The van der Waals surface area contributed by atoms with Gasteiger partial charge in [0.05, 0.1) is 10.0 Å². The Balaban J connectivity index is 1.71. The third-order valence-corrected chi connectivity index (χ3v) is 4.54. The standard InChI is InChI=1S/C16H15Cl2N5O2/c17-12-2-1-11(9-13(12)18)20-16-19-4-3-14(21-16)15(25)23-7-5-22(10-24)6-8-23/h1-4,9-10H,5-8H2,(H,19,20,21). The van der Waals surface area contributed by atoms with Crippen LogP contribution in [0.15, 0.2) is 30.5 Å². The van der Waals surface area contributed by atoms with Gasteiger partial charge in [0, 0.05) is 38.1 Å². The lowest BCUT2D eigenvalue weighted by Gasteiger charge is -2.32. The van der Waals surface area contributed by atoms with E-state index in [0.29, 0.717) is 41.9 Å². The summed E-state index contributed by atoms with van der Waals surface area (Å²) in [4.78, 5) is 35.0. The van der Waals surface area contributed by atoms with Gasteiger partial charge in [-0.1, -0.05) is 23.2 Å². The summed E-state index contributed by atoms with van der Waals surface area (Å²) in [6.45, 7) is 2.01. The van der Waals surface area contributed by atoms with E-state index in [1.807, 2.05) is 0 Å². The topological polar surface area (TPSA) is 78.4 Å². The fourth-order valence-corrected chi connectivity index (χ4v) is 2.73. The molecule has 9 heteroatoms. The third-order valence-electron chi connectivity index (χ3n) is 3.80. The molecule has 2 aromatic rings. The minimum atomic E-state index is -0.190. The molecule has 1 N–H and O–H groups in total. The van der Waals surface area contributed by atoms with E-state index in [1.165, 1.54) is 6.20 Å². The summed E-state index contributed by atoms with van der Waals surface area (Å²) in [5, 5.41) is 3.86. The van der Waals surface area contributed by atoms with E-state index < -0.39 is 0 Å². The van der Waals surface area contributed by atoms with Gasteiger partial charge in [-0.15, -0.1) is 0 Å². The van der Waals surface area contributed by atoms with Crippen LogP contribution in [0.3, 0.4) is 0 Å². The highest BCUT2D eigenvalue weighted by Gasteiger charge is 2.22. The molecule has 0 unspecified atom stereocenters. The van der Waals surface area contributed by atoms with Gasteiger partial charge in [-0.2, -0.15) is 0 Å². The number of anilines is 2. The molecular weight excluding hydrogens is 365 g/mol. The van der Waals surface area contributed by atoms with Gasteiger partial charge in [0.1, 0.15) is 5.69 Å². The van der Waals surface area contributed by atoms with Crippen molar-refractivity contribution in [3.8, 4) is 0 Å². The molecule has 1 aliphatic rings. The second-order valence-corrected chi connectivity index (χ2v) is 6.27. The van der Waals surface area contributed by atoms with Crippen LogP contribution in [0.4, 0.5) is 11.6 Å². The summed E-state index contributed by atoms with van der Waals surface area (Å²) >= 11 is 11.9.